The average molecular weight is 517 g/mol. The number of methoxy groups -OCH3 is 2. The molecule has 2 aromatic rings. The monoisotopic (exact) mass is 515 g/mol. The van der Waals surface area contributed by atoms with Gasteiger partial charge in [-0.05, 0) is 54.1 Å². The van der Waals surface area contributed by atoms with E-state index in [-0.39, 0.29) is 17.8 Å². The summed E-state index contributed by atoms with van der Waals surface area (Å²) in [7, 11) is 3.06. The van der Waals surface area contributed by atoms with Gasteiger partial charge in [0.05, 0.1) is 17.0 Å². The first-order chi connectivity index (χ1) is 15.3. The summed E-state index contributed by atoms with van der Waals surface area (Å²) >= 11 is 19.4. The minimum Gasteiger partial charge on any atom is -0.493 e. The summed E-state index contributed by atoms with van der Waals surface area (Å²) in [5.41, 5.74) is 1.34. The first kappa shape index (κ1) is 24.7. The summed E-state index contributed by atoms with van der Waals surface area (Å²) < 4.78 is 16.3. The Morgan fingerprint density at radius 1 is 1.06 bits per heavy atom. The summed E-state index contributed by atoms with van der Waals surface area (Å²) in [6, 6.07) is 8.44. The molecule has 0 aromatic heterocycles. The minimum absolute atomic E-state index is 0.159. The van der Waals surface area contributed by atoms with Crippen LogP contribution in [0.15, 0.2) is 35.2 Å². The molecule has 2 amide bonds. The van der Waals surface area contributed by atoms with Crippen LogP contribution in [0.5, 0.6) is 11.5 Å². The van der Waals surface area contributed by atoms with Gasteiger partial charge in [0.15, 0.2) is 11.5 Å². The van der Waals surface area contributed by atoms with Crippen LogP contribution in [0.25, 0.3) is 6.08 Å². The van der Waals surface area contributed by atoms with Crippen LogP contribution in [0.2, 0.25) is 15.1 Å². The summed E-state index contributed by atoms with van der Waals surface area (Å²) in [6.07, 6.45) is 2.18. The maximum atomic E-state index is 12.6. The lowest BCUT2D eigenvalue weighted by atomic mass is 10.1. The molecular formula is C22H20Cl3NO5S. The second-order valence-corrected chi connectivity index (χ2v) is 8.98. The van der Waals surface area contributed by atoms with Crippen LogP contribution in [0, 0.1) is 0 Å². The SMILES string of the molecule is COCCCN1C(=O)S/C(=C/c2cc(Cl)c(OCc3ccc(Cl)cc3Cl)c(OC)c2)C1=O. The Labute approximate surface area is 205 Å². The maximum Gasteiger partial charge on any atom is 0.293 e. The van der Waals surface area contributed by atoms with Gasteiger partial charge in [-0.3, -0.25) is 14.5 Å². The van der Waals surface area contributed by atoms with Crippen LogP contribution in [-0.4, -0.2) is 43.4 Å². The fraction of sp³-hybridized carbons (Fsp3) is 0.273. The van der Waals surface area contributed by atoms with E-state index >= 15 is 0 Å². The second-order valence-electron chi connectivity index (χ2n) is 6.74. The van der Waals surface area contributed by atoms with E-state index in [1.165, 1.54) is 12.0 Å². The lowest BCUT2D eigenvalue weighted by Crippen LogP contribution is -2.29. The molecule has 10 heteroatoms. The summed E-state index contributed by atoms with van der Waals surface area (Å²) in [5, 5.41) is 0.988. The number of carbonyl (C=O) groups excluding carboxylic acids is 2. The van der Waals surface area contributed by atoms with Crippen molar-refractivity contribution in [1.29, 1.82) is 0 Å². The van der Waals surface area contributed by atoms with Crippen LogP contribution in [0.1, 0.15) is 17.5 Å². The van der Waals surface area contributed by atoms with Gasteiger partial charge in [-0.1, -0.05) is 40.9 Å². The molecule has 1 saturated heterocycles. The lowest BCUT2D eigenvalue weighted by molar-refractivity contribution is -0.122. The molecule has 6 nitrogen and oxygen atoms in total. The molecule has 0 radical (unpaired) electrons. The smallest absolute Gasteiger partial charge is 0.293 e. The number of nitrogens with zero attached hydrogens (tertiary/aromatic N) is 1. The molecule has 0 saturated carbocycles. The third-order valence-electron chi connectivity index (χ3n) is 4.54. The number of amides is 2. The summed E-state index contributed by atoms with van der Waals surface area (Å²) in [4.78, 5) is 26.3. The van der Waals surface area contributed by atoms with Crippen molar-refractivity contribution in [2.24, 2.45) is 0 Å². The van der Waals surface area contributed by atoms with Crippen molar-refractivity contribution in [2.75, 3.05) is 27.4 Å². The van der Waals surface area contributed by atoms with Gasteiger partial charge in [0.1, 0.15) is 6.61 Å². The van der Waals surface area contributed by atoms with Gasteiger partial charge in [-0.25, -0.2) is 0 Å². The fourth-order valence-electron chi connectivity index (χ4n) is 2.96. The van der Waals surface area contributed by atoms with Gasteiger partial charge >= 0.3 is 0 Å². The van der Waals surface area contributed by atoms with E-state index in [1.807, 2.05) is 0 Å². The topological polar surface area (TPSA) is 65.1 Å². The number of hydrogen-bond acceptors (Lipinski definition) is 6. The zero-order valence-electron chi connectivity index (χ0n) is 17.3. The highest BCUT2D eigenvalue weighted by atomic mass is 35.5. The van der Waals surface area contributed by atoms with Gasteiger partial charge in [-0.15, -0.1) is 0 Å². The zero-order valence-corrected chi connectivity index (χ0v) is 20.4. The van der Waals surface area contributed by atoms with Crippen LogP contribution in [0.3, 0.4) is 0 Å². The van der Waals surface area contributed by atoms with Crippen molar-refractivity contribution in [3.63, 3.8) is 0 Å². The van der Waals surface area contributed by atoms with Crippen LogP contribution < -0.4 is 9.47 Å². The van der Waals surface area contributed by atoms with Gasteiger partial charge in [0.25, 0.3) is 11.1 Å². The Hall–Kier alpha value is -1.90. The Morgan fingerprint density at radius 3 is 2.53 bits per heavy atom. The molecule has 0 N–H and O–H groups in total. The molecule has 2 aromatic carbocycles. The van der Waals surface area contributed by atoms with Crippen molar-refractivity contribution < 1.29 is 23.8 Å². The largest absolute Gasteiger partial charge is 0.493 e. The van der Waals surface area contributed by atoms with Crippen LogP contribution >= 0.6 is 46.6 Å². The molecule has 1 aliphatic rings. The number of halogens is 3. The van der Waals surface area contributed by atoms with Crippen LogP contribution in [0.4, 0.5) is 4.79 Å². The Morgan fingerprint density at radius 2 is 1.84 bits per heavy atom. The Balaban J connectivity index is 1.78. The highest BCUT2D eigenvalue weighted by Gasteiger charge is 2.34. The maximum absolute atomic E-state index is 12.6. The number of imide groups is 1. The van der Waals surface area contributed by atoms with Crippen LogP contribution in [-0.2, 0) is 16.1 Å². The third kappa shape index (κ3) is 5.91. The first-order valence-electron chi connectivity index (χ1n) is 9.52. The number of carbonyl (C=O) groups is 2. The first-order valence-corrected chi connectivity index (χ1v) is 11.5. The van der Waals surface area contributed by atoms with Gasteiger partial charge in [-0.2, -0.15) is 0 Å². The van der Waals surface area contributed by atoms with E-state index in [1.54, 1.807) is 43.5 Å². The van der Waals surface area contributed by atoms with Gasteiger partial charge in [0.2, 0.25) is 0 Å². The molecule has 170 valence electrons. The molecule has 1 heterocycles. The number of hydrogen-bond donors (Lipinski definition) is 0. The van der Waals surface area contributed by atoms with Crippen molar-refractivity contribution in [1.82, 2.24) is 4.90 Å². The van der Waals surface area contributed by atoms with E-state index in [0.29, 0.717) is 56.6 Å². The summed E-state index contributed by atoms with van der Waals surface area (Å²) in [6.45, 7) is 0.933. The second kappa shape index (κ2) is 11.3. The Kier molecular flexibility index (Phi) is 8.73. The molecule has 3 rings (SSSR count). The highest BCUT2D eigenvalue weighted by Crippen LogP contribution is 2.39. The van der Waals surface area contributed by atoms with Crippen molar-refractivity contribution >= 4 is 63.8 Å². The normalized spacial score (nSPS) is 15.0. The minimum atomic E-state index is -0.344. The molecule has 1 fully saturated rings. The molecule has 0 bridgehead atoms. The molecule has 0 spiro atoms. The van der Waals surface area contributed by atoms with Crippen molar-refractivity contribution in [3.05, 3.63) is 61.4 Å². The quantitative estimate of drug-likeness (QED) is 0.287. The molecule has 1 aliphatic heterocycles. The van der Waals surface area contributed by atoms with E-state index in [4.69, 9.17) is 49.0 Å². The molecule has 0 aliphatic carbocycles. The van der Waals surface area contributed by atoms with Gasteiger partial charge < -0.3 is 14.2 Å². The average Bonchev–Trinajstić information content (AvgIpc) is 3.01. The Bertz CT molecular complexity index is 1060. The number of rotatable bonds is 9. The highest BCUT2D eigenvalue weighted by molar-refractivity contribution is 8.18. The van der Waals surface area contributed by atoms with E-state index < -0.39 is 0 Å². The number of benzene rings is 2. The third-order valence-corrected chi connectivity index (χ3v) is 6.32. The summed E-state index contributed by atoms with van der Waals surface area (Å²) in [5.74, 6) is 0.377. The predicted molar refractivity (Wildman–Crippen MR) is 128 cm³/mol. The molecule has 0 unspecified atom stereocenters. The van der Waals surface area contributed by atoms with E-state index in [0.717, 1.165) is 17.3 Å². The molecule has 32 heavy (non-hydrogen) atoms. The standard InChI is InChI=1S/C22H20Cl3NO5S/c1-29-7-3-6-26-21(27)19(32-22(26)28)10-13-8-17(25)20(18(9-13)30-2)31-12-14-4-5-15(23)11-16(14)24/h4-5,8-11H,3,6-7,12H2,1-2H3/b19-10+. The number of thioether (sulfide) groups is 1. The predicted octanol–water partition coefficient (Wildman–Crippen LogP) is 6.31. The van der Waals surface area contributed by atoms with Gasteiger partial charge in [0, 0.05) is 35.9 Å². The van der Waals surface area contributed by atoms with Crippen molar-refractivity contribution in [2.45, 2.75) is 13.0 Å². The molecule has 0 atom stereocenters. The zero-order chi connectivity index (χ0) is 23.3. The van der Waals surface area contributed by atoms with E-state index in [2.05, 4.69) is 0 Å². The number of ether oxygens (including phenoxy) is 3. The fourth-order valence-corrected chi connectivity index (χ4v) is 4.56. The lowest BCUT2D eigenvalue weighted by Gasteiger charge is -2.14. The van der Waals surface area contributed by atoms with Crippen molar-refractivity contribution in [3.8, 4) is 11.5 Å². The molecular weight excluding hydrogens is 497 g/mol. The van der Waals surface area contributed by atoms with E-state index in [9.17, 15) is 9.59 Å².